The third kappa shape index (κ3) is 7.18. The van der Waals surface area contributed by atoms with Gasteiger partial charge in [0, 0.05) is 0 Å². The normalized spacial score (nSPS) is 14.2. The summed E-state index contributed by atoms with van der Waals surface area (Å²) in [6.07, 6.45) is 5.01. The average molecular weight is 421 g/mol. The molecule has 0 aromatic heterocycles. The summed E-state index contributed by atoms with van der Waals surface area (Å²) in [5, 5.41) is 0. The Morgan fingerprint density at radius 3 is 2.10 bits per heavy atom. The molecule has 0 spiro atoms. The van der Waals surface area contributed by atoms with Gasteiger partial charge in [-0.25, -0.2) is 0 Å². The minimum atomic E-state index is -4.41. The van der Waals surface area contributed by atoms with E-state index in [4.69, 9.17) is 0 Å². The predicted octanol–water partition coefficient (Wildman–Crippen LogP) is 9.62. The maximum Gasteiger partial charge on any atom is 0.417 e. The molecule has 0 N–H and O–H groups in total. The Hall–Kier alpha value is -1.77. The van der Waals surface area contributed by atoms with Crippen LogP contribution in [0.3, 0.4) is 0 Å². The number of hydrogen-bond donors (Lipinski definition) is 0. The maximum absolute atomic E-state index is 14.4. The third-order valence-corrected chi connectivity index (χ3v) is 5.82. The van der Waals surface area contributed by atoms with Crippen LogP contribution in [0.5, 0.6) is 0 Å². The van der Waals surface area contributed by atoms with Gasteiger partial charge in [-0.05, 0) is 87.3 Å². The fourth-order valence-electron chi connectivity index (χ4n) is 3.71. The lowest BCUT2D eigenvalue weighted by atomic mass is 9.83. The first-order chi connectivity index (χ1) is 14.1. The van der Waals surface area contributed by atoms with E-state index >= 15 is 0 Å². The van der Waals surface area contributed by atoms with Gasteiger partial charge in [-0.1, -0.05) is 69.4 Å². The zero-order chi connectivity index (χ0) is 22.9. The molecule has 0 bridgehead atoms. The number of rotatable bonds is 10. The third-order valence-electron chi connectivity index (χ3n) is 5.82. The van der Waals surface area contributed by atoms with Crippen molar-refractivity contribution < 1.29 is 13.2 Å². The molecule has 30 heavy (non-hydrogen) atoms. The van der Waals surface area contributed by atoms with Crippen molar-refractivity contribution in [2.24, 2.45) is 0 Å². The van der Waals surface area contributed by atoms with Gasteiger partial charge in [-0.2, -0.15) is 13.2 Å². The van der Waals surface area contributed by atoms with E-state index in [1.165, 1.54) is 6.08 Å². The topological polar surface area (TPSA) is 0 Å². The van der Waals surface area contributed by atoms with Crippen molar-refractivity contribution in [3.63, 3.8) is 0 Å². The Morgan fingerprint density at radius 1 is 0.933 bits per heavy atom. The summed E-state index contributed by atoms with van der Waals surface area (Å²) < 4.78 is 43.2. The van der Waals surface area contributed by atoms with Crippen LogP contribution in [0.15, 0.2) is 35.4 Å². The summed E-state index contributed by atoms with van der Waals surface area (Å²) in [6.45, 7) is 13.9. The molecular formula is C27H39F3. The van der Waals surface area contributed by atoms with Gasteiger partial charge in [0.2, 0.25) is 0 Å². The Balaban J connectivity index is 3.88. The Kier molecular flexibility index (Phi) is 10.7. The van der Waals surface area contributed by atoms with Gasteiger partial charge >= 0.3 is 6.18 Å². The molecule has 0 nitrogen and oxygen atoms in total. The number of aryl methyl sites for hydroxylation is 2. The molecular weight excluding hydrogens is 381 g/mol. The van der Waals surface area contributed by atoms with E-state index in [0.717, 1.165) is 66.4 Å². The number of halogens is 3. The van der Waals surface area contributed by atoms with Crippen molar-refractivity contribution in [2.75, 3.05) is 0 Å². The van der Waals surface area contributed by atoms with Crippen molar-refractivity contribution >= 4 is 11.1 Å². The minimum Gasteiger partial charge on any atom is -0.166 e. The van der Waals surface area contributed by atoms with Crippen LogP contribution in [0, 0.1) is 6.92 Å². The molecule has 0 heterocycles. The molecule has 0 saturated carbocycles. The highest BCUT2D eigenvalue weighted by Gasteiger charge is 2.37. The van der Waals surface area contributed by atoms with E-state index in [2.05, 4.69) is 20.8 Å². The number of alkyl halides is 3. The molecule has 0 saturated heterocycles. The summed E-state index contributed by atoms with van der Waals surface area (Å²) in [6, 6.07) is 3.88. The first-order valence-corrected chi connectivity index (χ1v) is 11.3. The molecule has 0 amide bonds. The lowest BCUT2D eigenvalue weighted by Crippen LogP contribution is -2.15. The second-order valence-electron chi connectivity index (χ2n) is 8.30. The molecule has 1 aromatic carbocycles. The zero-order valence-electron chi connectivity index (χ0n) is 19.9. The van der Waals surface area contributed by atoms with Crippen LogP contribution in [0.25, 0.3) is 11.1 Å². The van der Waals surface area contributed by atoms with Gasteiger partial charge in [0.15, 0.2) is 0 Å². The highest BCUT2D eigenvalue weighted by atomic mass is 19.4. The highest BCUT2D eigenvalue weighted by molar-refractivity contribution is 5.86. The van der Waals surface area contributed by atoms with Crippen LogP contribution in [0.4, 0.5) is 13.2 Å². The van der Waals surface area contributed by atoms with E-state index < -0.39 is 11.7 Å². The van der Waals surface area contributed by atoms with Crippen LogP contribution in [0.1, 0.15) is 102 Å². The van der Waals surface area contributed by atoms with Gasteiger partial charge in [0.05, 0.1) is 5.57 Å². The smallest absolute Gasteiger partial charge is 0.166 e. The molecule has 0 fully saturated rings. The van der Waals surface area contributed by atoms with Gasteiger partial charge in [0.25, 0.3) is 0 Å². The van der Waals surface area contributed by atoms with E-state index in [0.29, 0.717) is 17.6 Å². The quantitative estimate of drug-likeness (QED) is 0.261. The van der Waals surface area contributed by atoms with Crippen LogP contribution in [0.2, 0.25) is 0 Å². The van der Waals surface area contributed by atoms with Gasteiger partial charge in [-0.15, -0.1) is 0 Å². The van der Waals surface area contributed by atoms with Crippen molar-refractivity contribution in [1.82, 2.24) is 0 Å². The molecule has 0 aliphatic rings. The molecule has 1 aromatic rings. The van der Waals surface area contributed by atoms with Crippen LogP contribution >= 0.6 is 0 Å². The standard InChI is InChI=1S/C27H39F3/c1-8-11-13-14-19(4)18-24(27(28,29)30)26-23(15-12-9-2)17-16-21(6)25(26)22(7)20(5)10-3/h14,16-18H,8-13,15H2,1-7H3/b19-14+,22-20+,24-18+. The van der Waals surface area contributed by atoms with Crippen LogP contribution < -0.4 is 0 Å². The summed E-state index contributed by atoms with van der Waals surface area (Å²) in [4.78, 5) is 0. The molecule has 0 atom stereocenters. The second-order valence-corrected chi connectivity index (χ2v) is 8.30. The summed E-state index contributed by atoms with van der Waals surface area (Å²) in [5.74, 6) is 0. The van der Waals surface area contributed by atoms with Crippen LogP contribution in [-0.4, -0.2) is 6.18 Å². The Labute approximate surface area is 182 Å². The Bertz CT molecular complexity index is 789. The fourth-order valence-corrected chi connectivity index (χ4v) is 3.71. The van der Waals surface area contributed by atoms with Crippen molar-refractivity contribution in [2.45, 2.75) is 99.6 Å². The average Bonchev–Trinajstić information content (AvgIpc) is 2.69. The summed E-state index contributed by atoms with van der Waals surface area (Å²) in [7, 11) is 0. The van der Waals surface area contributed by atoms with Crippen LogP contribution in [-0.2, 0) is 6.42 Å². The number of hydrogen-bond acceptors (Lipinski definition) is 0. The lowest BCUT2D eigenvalue weighted by molar-refractivity contribution is -0.0690. The number of benzene rings is 1. The summed E-state index contributed by atoms with van der Waals surface area (Å²) in [5.41, 5.74) is 5.09. The lowest BCUT2D eigenvalue weighted by Gasteiger charge is -2.23. The van der Waals surface area contributed by atoms with Gasteiger partial charge in [0.1, 0.15) is 0 Å². The van der Waals surface area contributed by atoms with Gasteiger partial charge in [-0.3, -0.25) is 0 Å². The second kappa shape index (κ2) is 12.2. The van der Waals surface area contributed by atoms with Gasteiger partial charge < -0.3 is 0 Å². The van der Waals surface area contributed by atoms with E-state index in [1.54, 1.807) is 6.92 Å². The molecule has 0 aliphatic heterocycles. The summed E-state index contributed by atoms with van der Waals surface area (Å²) >= 11 is 0. The largest absolute Gasteiger partial charge is 0.417 e. The highest BCUT2D eigenvalue weighted by Crippen LogP contribution is 2.42. The van der Waals surface area contributed by atoms with E-state index in [9.17, 15) is 13.2 Å². The number of allylic oxidation sites excluding steroid dienone is 6. The zero-order valence-corrected chi connectivity index (χ0v) is 19.9. The van der Waals surface area contributed by atoms with E-state index in [1.807, 2.05) is 39.0 Å². The predicted molar refractivity (Wildman–Crippen MR) is 126 cm³/mol. The molecule has 168 valence electrons. The first kappa shape index (κ1) is 26.3. The molecule has 0 radical (unpaired) electrons. The van der Waals surface area contributed by atoms with Crippen molar-refractivity contribution in [3.05, 3.63) is 57.7 Å². The monoisotopic (exact) mass is 420 g/mol. The maximum atomic E-state index is 14.4. The molecule has 0 aliphatic carbocycles. The van der Waals surface area contributed by atoms with E-state index in [-0.39, 0.29) is 0 Å². The SMILES string of the molecule is CCCC/C=C(C)/C=C(\c1c(CCCC)ccc(C)c1/C(C)=C(\C)CC)C(F)(F)F. The van der Waals surface area contributed by atoms with Crippen molar-refractivity contribution in [3.8, 4) is 0 Å². The molecule has 3 heteroatoms. The number of unbranched alkanes of at least 4 members (excludes halogenated alkanes) is 3. The first-order valence-electron chi connectivity index (χ1n) is 11.3. The fraction of sp³-hybridized carbons (Fsp3) is 0.556. The molecule has 1 rings (SSSR count). The Morgan fingerprint density at radius 2 is 1.57 bits per heavy atom. The van der Waals surface area contributed by atoms with Crippen molar-refractivity contribution in [1.29, 1.82) is 0 Å². The minimum absolute atomic E-state index is 0.379. The molecule has 0 unspecified atom stereocenters.